The lowest BCUT2D eigenvalue weighted by Gasteiger charge is -2.16. The first-order chi connectivity index (χ1) is 13.2. The molecule has 0 aliphatic carbocycles. The van der Waals surface area contributed by atoms with E-state index in [0.717, 1.165) is 34.9 Å². The minimum Gasteiger partial charge on any atom is -0.328 e. The summed E-state index contributed by atoms with van der Waals surface area (Å²) in [5, 5.41) is 2.98. The fourth-order valence-electron chi connectivity index (χ4n) is 3.43. The molecule has 0 saturated heterocycles. The molecule has 4 nitrogen and oxygen atoms in total. The first-order valence-corrected chi connectivity index (χ1v) is 10.3. The first kappa shape index (κ1) is 17.9. The van der Waals surface area contributed by atoms with Crippen molar-refractivity contribution in [3.05, 3.63) is 66.0 Å². The summed E-state index contributed by atoms with van der Waals surface area (Å²) in [5.74, 6) is 1.44. The van der Waals surface area contributed by atoms with Gasteiger partial charge in [-0.15, -0.1) is 11.8 Å². The van der Waals surface area contributed by atoms with E-state index in [2.05, 4.69) is 27.9 Å². The van der Waals surface area contributed by atoms with Gasteiger partial charge in [-0.25, -0.2) is 4.98 Å². The Labute approximate surface area is 164 Å². The van der Waals surface area contributed by atoms with Crippen LogP contribution in [0.15, 0.2) is 59.6 Å². The average molecular weight is 378 g/mol. The first-order valence-electron chi connectivity index (χ1n) is 9.34. The van der Waals surface area contributed by atoms with Crippen molar-refractivity contribution in [2.24, 2.45) is 0 Å². The average Bonchev–Trinajstić information content (AvgIpc) is 3.12. The molecule has 1 amide bonds. The number of carbonyl (C=O) groups excluding carboxylic acids is 1. The van der Waals surface area contributed by atoms with Gasteiger partial charge in [-0.1, -0.05) is 18.2 Å². The smallest absolute Gasteiger partial charge is 0.234 e. The summed E-state index contributed by atoms with van der Waals surface area (Å²) in [6.07, 6.45) is 5.56. The molecule has 0 spiro atoms. The molecule has 2 aromatic carbocycles. The molecule has 1 aliphatic rings. The number of hydrogen-bond acceptors (Lipinski definition) is 3. The number of thioether (sulfide) groups is 1. The van der Waals surface area contributed by atoms with E-state index in [-0.39, 0.29) is 5.91 Å². The van der Waals surface area contributed by atoms with E-state index < -0.39 is 0 Å². The monoisotopic (exact) mass is 377 g/mol. The van der Waals surface area contributed by atoms with E-state index in [1.807, 2.05) is 48.7 Å². The Kier molecular flexibility index (Phi) is 5.30. The molecular weight excluding hydrogens is 354 g/mol. The zero-order valence-corrected chi connectivity index (χ0v) is 16.3. The maximum absolute atomic E-state index is 12.3. The third-order valence-corrected chi connectivity index (χ3v) is 6.06. The number of amides is 1. The van der Waals surface area contributed by atoms with Crippen molar-refractivity contribution in [3.63, 3.8) is 0 Å². The fourth-order valence-corrected chi connectivity index (χ4v) is 4.26. The van der Waals surface area contributed by atoms with E-state index in [1.54, 1.807) is 11.8 Å². The highest BCUT2D eigenvalue weighted by molar-refractivity contribution is 8.00. The van der Waals surface area contributed by atoms with E-state index in [9.17, 15) is 4.79 Å². The summed E-state index contributed by atoms with van der Waals surface area (Å²) in [6, 6.07) is 16.1. The Morgan fingerprint density at radius 2 is 1.96 bits per heavy atom. The van der Waals surface area contributed by atoms with Crippen LogP contribution in [0.2, 0.25) is 0 Å². The van der Waals surface area contributed by atoms with E-state index in [1.165, 1.54) is 24.1 Å². The second-order valence-corrected chi connectivity index (χ2v) is 7.88. The largest absolute Gasteiger partial charge is 0.328 e. The molecule has 4 rings (SSSR count). The summed E-state index contributed by atoms with van der Waals surface area (Å²) in [5.41, 5.74) is 4.43. The number of anilines is 1. The van der Waals surface area contributed by atoms with E-state index in [4.69, 9.17) is 0 Å². The van der Waals surface area contributed by atoms with Gasteiger partial charge in [0.05, 0.1) is 5.75 Å². The van der Waals surface area contributed by atoms with Crippen LogP contribution in [0, 0.1) is 6.92 Å². The minimum atomic E-state index is 0.00851. The van der Waals surface area contributed by atoms with Gasteiger partial charge in [-0.2, -0.15) is 0 Å². The highest BCUT2D eigenvalue weighted by Gasteiger charge is 2.15. The number of hydrogen-bond donors (Lipinski definition) is 1. The van der Waals surface area contributed by atoms with Gasteiger partial charge in [-0.3, -0.25) is 4.79 Å². The summed E-state index contributed by atoms with van der Waals surface area (Å²) >= 11 is 1.57. The lowest BCUT2D eigenvalue weighted by atomic mass is 10.1. The van der Waals surface area contributed by atoms with Crippen LogP contribution in [0.25, 0.3) is 11.4 Å². The van der Waals surface area contributed by atoms with Crippen molar-refractivity contribution in [1.82, 2.24) is 9.55 Å². The number of aryl methyl sites for hydroxylation is 2. The molecule has 2 heterocycles. The molecule has 138 valence electrons. The van der Waals surface area contributed by atoms with Gasteiger partial charge >= 0.3 is 0 Å². The molecule has 0 unspecified atom stereocenters. The number of imidazole rings is 1. The Hall–Kier alpha value is -2.53. The van der Waals surface area contributed by atoms with Crippen LogP contribution in [0.5, 0.6) is 0 Å². The maximum Gasteiger partial charge on any atom is 0.234 e. The molecule has 0 bridgehead atoms. The lowest BCUT2D eigenvalue weighted by Crippen LogP contribution is -2.14. The summed E-state index contributed by atoms with van der Waals surface area (Å²) in [4.78, 5) is 18.0. The predicted octanol–water partition coefficient (Wildman–Crippen LogP) is 4.93. The van der Waals surface area contributed by atoms with Crippen LogP contribution in [0.3, 0.4) is 0 Å². The van der Waals surface area contributed by atoms with Crippen molar-refractivity contribution in [1.29, 1.82) is 0 Å². The highest BCUT2D eigenvalue weighted by atomic mass is 32.2. The van der Waals surface area contributed by atoms with Crippen molar-refractivity contribution in [2.75, 3.05) is 11.1 Å². The molecule has 1 N–H and O–H groups in total. The van der Waals surface area contributed by atoms with Gasteiger partial charge in [0.15, 0.2) is 0 Å². The normalized spacial score (nSPS) is 13.2. The van der Waals surface area contributed by atoms with Crippen LogP contribution >= 0.6 is 11.8 Å². The zero-order chi connectivity index (χ0) is 18.6. The van der Waals surface area contributed by atoms with Crippen LogP contribution in [0.1, 0.15) is 24.1 Å². The molecule has 0 atom stereocenters. The molecule has 3 aromatic rings. The van der Waals surface area contributed by atoms with Gasteiger partial charge in [0.1, 0.15) is 5.82 Å². The number of nitrogens with one attached hydrogen (secondary N) is 1. The van der Waals surface area contributed by atoms with Crippen molar-refractivity contribution < 1.29 is 4.79 Å². The molecule has 1 aliphatic heterocycles. The number of rotatable bonds is 5. The molecule has 5 heteroatoms. The third-order valence-electron chi connectivity index (χ3n) is 4.88. The molecule has 0 saturated carbocycles. The van der Waals surface area contributed by atoms with Gasteiger partial charge < -0.3 is 9.88 Å². The van der Waals surface area contributed by atoms with Crippen LogP contribution in [-0.4, -0.2) is 21.2 Å². The molecule has 0 radical (unpaired) electrons. The zero-order valence-electron chi connectivity index (χ0n) is 15.4. The standard InChI is InChI=1S/C22H23N3OS/c1-16-6-2-3-8-20(16)27-15-21(26)24-18-11-9-17(10-12-18)22-23-14-19-7-4-5-13-25(19)22/h2-3,6,8-12,14H,4-5,7,13,15H2,1H3,(H,24,26). The third kappa shape index (κ3) is 4.08. The second-order valence-electron chi connectivity index (χ2n) is 6.86. The minimum absolute atomic E-state index is 0.00851. The van der Waals surface area contributed by atoms with Gasteiger partial charge in [0.25, 0.3) is 0 Å². The van der Waals surface area contributed by atoms with Crippen molar-refractivity contribution in [2.45, 2.75) is 37.6 Å². The van der Waals surface area contributed by atoms with Crippen LogP contribution in [0.4, 0.5) is 5.69 Å². The van der Waals surface area contributed by atoms with Crippen molar-refractivity contribution >= 4 is 23.4 Å². The van der Waals surface area contributed by atoms with E-state index >= 15 is 0 Å². The number of carbonyl (C=O) groups is 1. The Bertz CT molecular complexity index is 946. The van der Waals surface area contributed by atoms with Crippen LogP contribution < -0.4 is 5.32 Å². The number of fused-ring (bicyclic) bond motifs is 1. The molecule has 27 heavy (non-hydrogen) atoms. The maximum atomic E-state index is 12.3. The fraction of sp³-hybridized carbons (Fsp3) is 0.273. The summed E-state index contributed by atoms with van der Waals surface area (Å²) in [6.45, 7) is 3.10. The molecule has 1 aromatic heterocycles. The lowest BCUT2D eigenvalue weighted by molar-refractivity contribution is -0.113. The van der Waals surface area contributed by atoms with Gasteiger partial charge in [0, 0.05) is 34.6 Å². The van der Waals surface area contributed by atoms with Crippen molar-refractivity contribution in [3.8, 4) is 11.4 Å². The second kappa shape index (κ2) is 8.01. The van der Waals surface area contributed by atoms with Gasteiger partial charge in [0.2, 0.25) is 5.91 Å². The summed E-state index contributed by atoms with van der Waals surface area (Å²) < 4.78 is 2.32. The highest BCUT2D eigenvalue weighted by Crippen LogP contribution is 2.26. The number of aromatic nitrogens is 2. The predicted molar refractivity (Wildman–Crippen MR) is 111 cm³/mol. The van der Waals surface area contributed by atoms with E-state index in [0.29, 0.717) is 5.75 Å². The number of nitrogens with zero attached hydrogens (tertiary/aromatic N) is 2. The summed E-state index contributed by atoms with van der Waals surface area (Å²) in [7, 11) is 0. The van der Waals surface area contributed by atoms with Gasteiger partial charge in [-0.05, 0) is 62.1 Å². The number of benzene rings is 2. The topological polar surface area (TPSA) is 46.9 Å². The Morgan fingerprint density at radius 3 is 2.78 bits per heavy atom. The SMILES string of the molecule is Cc1ccccc1SCC(=O)Nc1ccc(-c2ncc3n2CCCC3)cc1. The molecular formula is C22H23N3OS. The Balaban J connectivity index is 1.38. The quantitative estimate of drug-likeness (QED) is 0.642. The van der Waals surface area contributed by atoms with Crippen LogP contribution in [-0.2, 0) is 17.8 Å². The Morgan fingerprint density at radius 1 is 1.15 bits per heavy atom. The molecule has 0 fully saturated rings.